The molecule has 2 amide bonds. The van der Waals surface area contributed by atoms with Gasteiger partial charge in [-0.3, -0.25) is 19.6 Å². The highest BCUT2D eigenvalue weighted by molar-refractivity contribution is 5.92. The number of likely N-dealkylation sites (tertiary alicyclic amines) is 1. The van der Waals surface area contributed by atoms with Crippen molar-refractivity contribution in [2.45, 2.75) is 32.0 Å². The highest BCUT2D eigenvalue weighted by Crippen LogP contribution is 2.25. The van der Waals surface area contributed by atoms with Crippen LogP contribution in [0.25, 0.3) is 0 Å². The van der Waals surface area contributed by atoms with Gasteiger partial charge in [0, 0.05) is 37.4 Å². The van der Waals surface area contributed by atoms with Gasteiger partial charge in [0.05, 0.1) is 13.2 Å². The summed E-state index contributed by atoms with van der Waals surface area (Å²) in [6.45, 7) is 3.62. The SMILES string of the molecule is CCNC(=O)[C@@H]1C[C@@H](NC(=O)c2ccn[nH]2)CN1Cc1ccccc1OC. The number of H-pyrrole nitrogens is 1. The number of para-hydroxylation sites is 1. The van der Waals surface area contributed by atoms with Crippen molar-refractivity contribution in [2.24, 2.45) is 0 Å². The molecule has 1 aliphatic rings. The molecule has 0 bridgehead atoms. The van der Waals surface area contributed by atoms with Crippen molar-refractivity contribution in [1.82, 2.24) is 25.7 Å². The van der Waals surface area contributed by atoms with Crippen LogP contribution < -0.4 is 15.4 Å². The van der Waals surface area contributed by atoms with Gasteiger partial charge in [-0.25, -0.2) is 0 Å². The van der Waals surface area contributed by atoms with Crippen LogP contribution in [0.3, 0.4) is 0 Å². The van der Waals surface area contributed by atoms with E-state index in [0.717, 1.165) is 11.3 Å². The molecule has 3 N–H and O–H groups in total. The predicted octanol–water partition coefficient (Wildman–Crippen LogP) is 0.927. The standard InChI is InChI=1S/C19H25N5O3/c1-3-20-19(26)16-10-14(22-18(25)15-8-9-21-23-15)12-24(16)11-13-6-4-5-7-17(13)27-2/h4-9,14,16H,3,10-12H2,1-2H3,(H,20,26)(H,21,23)(H,22,25)/t14-,16+/m1/s1. The van der Waals surface area contributed by atoms with Crippen molar-refractivity contribution < 1.29 is 14.3 Å². The van der Waals surface area contributed by atoms with Gasteiger partial charge in [-0.1, -0.05) is 18.2 Å². The van der Waals surface area contributed by atoms with Gasteiger partial charge in [-0.15, -0.1) is 0 Å². The van der Waals surface area contributed by atoms with E-state index in [2.05, 4.69) is 25.7 Å². The Morgan fingerprint density at radius 2 is 2.15 bits per heavy atom. The van der Waals surface area contributed by atoms with E-state index in [1.54, 1.807) is 13.2 Å². The van der Waals surface area contributed by atoms with E-state index >= 15 is 0 Å². The van der Waals surface area contributed by atoms with Gasteiger partial charge in [0.25, 0.3) is 5.91 Å². The van der Waals surface area contributed by atoms with Crippen LogP contribution in [0.15, 0.2) is 36.5 Å². The Hall–Kier alpha value is -2.87. The number of aromatic amines is 1. The molecular formula is C19H25N5O3. The average Bonchev–Trinajstić information content (AvgIpc) is 3.32. The molecule has 0 spiro atoms. The fourth-order valence-electron chi connectivity index (χ4n) is 3.45. The number of carbonyl (C=O) groups excluding carboxylic acids is 2. The molecular weight excluding hydrogens is 346 g/mol. The third-order valence-corrected chi connectivity index (χ3v) is 4.70. The summed E-state index contributed by atoms with van der Waals surface area (Å²) in [7, 11) is 1.64. The van der Waals surface area contributed by atoms with Gasteiger partial charge in [0.15, 0.2) is 0 Å². The van der Waals surface area contributed by atoms with Crippen LogP contribution in [0, 0.1) is 0 Å². The summed E-state index contributed by atoms with van der Waals surface area (Å²) >= 11 is 0. The number of hydrogen-bond acceptors (Lipinski definition) is 5. The Morgan fingerprint density at radius 1 is 1.33 bits per heavy atom. The summed E-state index contributed by atoms with van der Waals surface area (Å²) in [5.74, 6) is 0.550. The monoisotopic (exact) mass is 371 g/mol. The number of likely N-dealkylation sites (N-methyl/N-ethyl adjacent to an activating group) is 1. The van der Waals surface area contributed by atoms with E-state index < -0.39 is 0 Å². The van der Waals surface area contributed by atoms with Crippen LogP contribution in [-0.4, -0.2) is 59.2 Å². The van der Waals surface area contributed by atoms with Gasteiger partial charge < -0.3 is 15.4 Å². The third kappa shape index (κ3) is 4.46. The quantitative estimate of drug-likeness (QED) is 0.672. The first-order valence-electron chi connectivity index (χ1n) is 9.06. The normalized spacial score (nSPS) is 19.6. The summed E-state index contributed by atoms with van der Waals surface area (Å²) in [4.78, 5) is 26.9. The van der Waals surface area contributed by atoms with E-state index in [0.29, 0.717) is 31.7 Å². The molecule has 8 heteroatoms. The first-order valence-corrected chi connectivity index (χ1v) is 9.06. The van der Waals surface area contributed by atoms with Gasteiger partial charge in [0.2, 0.25) is 5.91 Å². The number of ether oxygens (including phenoxy) is 1. The van der Waals surface area contributed by atoms with Crippen LogP contribution in [0.5, 0.6) is 5.75 Å². The van der Waals surface area contributed by atoms with E-state index in [1.165, 1.54) is 6.20 Å². The number of carbonyl (C=O) groups is 2. The molecule has 3 rings (SSSR count). The number of hydrogen-bond donors (Lipinski definition) is 3. The minimum absolute atomic E-state index is 0.0225. The van der Waals surface area contributed by atoms with Crippen LogP contribution in [0.2, 0.25) is 0 Å². The number of aromatic nitrogens is 2. The van der Waals surface area contributed by atoms with E-state index in [1.807, 2.05) is 31.2 Å². The predicted molar refractivity (Wildman–Crippen MR) is 100 cm³/mol. The summed E-state index contributed by atoms with van der Waals surface area (Å²) < 4.78 is 5.43. The van der Waals surface area contributed by atoms with Gasteiger partial charge in [-0.2, -0.15) is 5.10 Å². The zero-order chi connectivity index (χ0) is 19.2. The first kappa shape index (κ1) is 18.9. The lowest BCUT2D eigenvalue weighted by molar-refractivity contribution is -0.125. The Balaban J connectivity index is 1.73. The molecule has 27 heavy (non-hydrogen) atoms. The first-order chi connectivity index (χ1) is 13.1. The Bertz CT molecular complexity index is 777. The molecule has 1 fully saturated rings. The highest BCUT2D eigenvalue weighted by atomic mass is 16.5. The van der Waals surface area contributed by atoms with Gasteiger partial charge >= 0.3 is 0 Å². The van der Waals surface area contributed by atoms with Crippen LogP contribution >= 0.6 is 0 Å². The number of benzene rings is 1. The molecule has 0 saturated carbocycles. The van der Waals surface area contributed by atoms with Crippen molar-refractivity contribution >= 4 is 11.8 Å². The Kier molecular flexibility index (Phi) is 6.08. The number of nitrogens with one attached hydrogen (secondary N) is 3. The molecule has 1 aromatic carbocycles. The summed E-state index contributed by atoms with van der Waals surface area (Å²) in [5, 5.41) is 12.3. The molecule has 144 valence electrons. The van der Waals surface area contributed by atoms with E-state index in [9.17, 15) is 9.59 Å². The molecule has 8 nitrogen and oxygen atoms in total. The van der Waals surface area contributed by atoms with Crippen molar-refractivity contribution in [3.63, 3.8) is 0 Å². The highest BCUT2D eigenvalue weighted by Gasteiger charge is 2.37. The molecule has 1 aliphatic heterocycles. The zero-order valence-corrected chi connectivity index (χ0v) is 15.6. The topological polar surface area (TPSA) is 99.3 Å². The molecule has 2 heterocycles. The average molecular weight is 371 g/mol. The largest absolute Gasteiger partial charge is 0.496 e. The van der Waals surface area contributed by atoms with Crippen molar-refractivity contribution in [1.29, 1.82) is 0 Å². The van der Waals surface area contributed by atoms with Crippen molar-refractivity contribution in [3.05, 3.63) is 47.8 Å². The minimum atomic E-state index is -0.304. The van der Waals surface area contributed by atoms with Gasteiger partial charge in [0.1, 0.15) is 11.4 Å². The van der Waals surface area contributed by atoms with Crippen molar-refractivity contribution in [3.8, 4) is 5.75 Å². The second-order valence-electron chi connectivity index (χ2n) is 6.53. The van der Waals surface area contributed by atoms with Gasteiger partial charge in [-0.05, 0) is 25.5 Å². The lowest BCUT2D eigenvalue weighted by Crippen LogP contribution is -2.42. The minimum Gasteiger partial charge on any atom is -0.496 e. The second kappa shape index (κ2) is 8.68. The van der Waals surface area contributed by atoms with Crippen molar-refractivity contribution in [2.75, 3.05) is 20.2 Å². The number of nitrogens with zero attached hydrogens (tertiary/aromatic N) is 2. The zero-order valence-electron chi connectivity index (χ0n) is 15.6. The van der Waals surface area contributed by atoms with Crippen LogP contribution in [0.1, 0.15) is 29.4 Å². The number of amides is 2. The Morgan fingerprint density at radius 3 is 2.85 bits per heavy atom. The second-order valence-corrected chi connectivity index (χ2v) is 6.53. The maximum Gasteiger partial charge on any atom is 0.269 e. The molecule has 1 aromatic heterocycles. The van der Waals surface area contributed by atoms with Crippen LogP contribution in [-0.2, 0) is 11.3 Å². The molecule has 2 aromatic rings. The lowest BCUT2D eigenvalue weighted by atomic mass is 10.1. The summed E-state index contributed by atoms with van der Waals surface area (Å²) in [5.41, 5.74) is 1.42. The fraction of sp³-hybridized carbons (Fsp3) is 0.421. The molecule has 0 radical (unpaired) electrons. The third-order valence-electron chi connectivity index (χ3n) is 4.70. The molecule has 0 aliphatic carbocycles. The molecule has 1 saturated heterocycles. The number of methoxy groups -OCH3 is 1. The summed E-state index contributed by atoms with van der Waals surface area (Å²) in [6, 6.07) is 8.96. The maximum atomic E-state index is 12.5. The van der Waals surface area contributed by atoms with Crippen LogP contribution in [0.4, 0.5) is 0 Å². The van der Waals surface area contributed by atoms with E-state index in [4.69, 9.17) is 4.74 Å². The maximum absolute atomic E-state index is 12.5. The van der Waals surface area contributed by atoms with E-state index in [-0.39, 0.29) is 23.9 Å². The molecule has 0 unspecified atom stereocenters. The Labute approximate surface area is 158 Å². The summed E-state index contributed by atoms with van der Waals surface area (Å²) in [6.07, 6.45) is 2.09. The number of rotatable bonds is 7. The lowest BCUT2D eigenvalue weighted by Gasteiger charge is -2.24. The smallest absolute Gasteiger partial charge is 0.269 e. The molecule has 2 atom stereocenters. The fourth-order valence-corrected chi connectivity index (χ4v) is 3.45.